The summed E-state index contributed by atoms with van der Waals surface area (Å²) in [5.74, 6) is 0.0327. The Labute approximate surface area is 235 Å². The largest absolute Gasteiger partial charge is 0.493 e. The van der Waals surface area contributed by atoms with Gasteiger partial charge in [0.25, 0.3) is 11.8 Å². The van der Waals surface area contributed by atoms with Gasteiger partial charge < -0.3 is 29.9 Å². The van der Waals surface area contributed by atoms with Gasteiger partial charge in [-0.2, -0.15) is 0 Å². The van der Waals surface area contributed by atoms with Crippen molar-refractivity contribution in [3.8, 4) is 16.9 Å². The summed E-state index contributed by atoms with van der Waals surface area (Å²) in [6.07, 6.45) is 2.53. The lowest BCUT2D eigenvalue weighted by Crippen LogP contribution is -2.39. The van der Waals surface area contributed by atoms with Crippen molar-refractivity contribution in [2.45, 2.75) is 19.4 Å². The van der Waals surface area contributed by atoms with Crippen LogP contribution >= 0.6 is 0 Å². The minimum Gasteiger partial charge on any atom is -0.493 e. The minimum atomic E-state index is -0.471. The molecule has 0 aliphatic carbocycles. The quantitative estimate of drug-likeness (QED) is 0.253. The van der Waals surface area contributed by atoms with E-state index in [1.165, 1.54) is 0 Å². The second kappa shape index (κ2) is 13.3. The first kappa shape index (κ1) is 28.9. The van der Waals surface area contributed by atoms with Crippen LogP contribution in [0, 0.1) is 0 Å². The standard InChI is InChI=1S/C32H38N4O4/c1-5-40-30-15-14-24(22-10-12-23(13-11-22)31(38)33-16-17-35(2)3)19-28(30)32(39)34-26(21-37)18-25-20-36(4)29-9-7-6-8-27(25)29/h6-15,19-20,26,37H,5,16-18,21H2,1-4H3,(H,33,38)(H,34,39)/t26-/m1/s1. The fraction of sp³-hybridized carbons (Fsp3) is 0.312. The van der Waals surface area contributed by atoms with Gasteiger partial charge >= 0.3 is 0 Å². The summed E-state index contributed by atoms with van der Waals surface area (Å²) in [5.41, 5.74) is 4.82. The number of nitrogens with zero attached hydrogens (tertiary/aromatic N) is 2. The molecule has 1 heterocycles. The van der Waals surface area contributed by atoms with Crippen molar-refractivity contribution in [2.75, 3.05) is 40.4 Å². The van der Waals surface area contributed by atoms with Gasteiger partial charge in [0.2, 0.25) is 0 Å². The highest BCUT2D eigenvalue weighted by Gasteiger charge is 2.20. The number of nitrogens with one attached hydrogen (secondary N) is 2. The first-order valence-electron chi connectivity index (χ1n) is 13.6. The molecule has 0 aliphatic rings. The Balaban J connectivity index is 1.52. The van der Waals surface area contributed by atoms with Gasteiger partial charge in [0.15, 0.2) is 0 Å². The van der Waals surface area contributed by atoms with Gasteiger partial charge in [-0.1, -0.05) is 36.4 Å². The van der Waals surface area contributed by atoms with Gasteiger partial charge in [0.05, 0.1) is 24.8 Å². The lowest BCUT2D eigenvalue weighted by Gasteiger charge is -2.18. The van der Waals surface area contributed by atoms with Gasteiger partial charge in [-0.15, -0.1) is 0 Å². The molecule has 0 spiro atoms. The van der Waals surface area contributed by atoms with E-state index in [0.717, 1.165) is 34.1 Å². The third-order valence-corrected chi connectivity index (χ3v) is 6.85. The van der Waals surface area contributed by atoms with E-state index in [1.807, 2.05) is 69.5 Å². The number of aromatic nitrogens is 1. The Kier molecular flexibility index (Phi) is 9.58. The number of rotatable bonds is 12. The highest BCUT2D eigenvalue weighted by Crippen LogP contribution is 2.28. The summed E-state index contributed by atoms with van der Waals surface area (Å²) < 4.78 is 7.82. The van der Waals surface area contributed by atoms with Crippen molar-refractivity contribution in [3.05, 3.63) is 89.6 Å². The van der Waals surface area contributed by atoms with E-state index in [-0.39, 0.29) is 18.4 Å². The molecule has 8 heteroatoms. The Hall–Kier alpha value is -4.14. The molecule has 0 saturated carbocycles. The number of amides is 2. The summed E-state index contributed by atoms with van der Waals surface area (Å²) in [7, 11) is 5.91. The third kappa shape index (κ3) is 6.89. The summed E-state index contributed by atoms with van der Waals surface area (Å²) in [6, 6.07) is 20.4. The first-order chi connectivity index (χ1) is 19.3. The van der Waals surface area contributed by atoms with E-state index < -0.39 is 6.04 Å². The molecular weight excluding hydrogens is 504 g/mol. The number of hydrogen-bond donors (Lipinski definition) is 3. The molecule has 4 aromatic rings. The second-order valence-corrected chi connectivity index (χ2v) is 10.1. The molecule has 0 aliphatic heterocycles. The predicted octanol–water partition coefficient (Wildman–Crippen LogP) is 3.87. The molecule has 8 nitrogen and oxygen atoms in total. The zero-order chi connectivity index (χ0) is 28.6. The van der Waals surface area contributed by atoms with Crippen molar-refractivity contribution in [1.29, 1.82) is 0 Å². The number of carbonyl (C=O) groups excluding carboxylic acids is 2. The van der Waals surface area contributed by atoms with E-state index in [1.54, 1.807) is 24.3 Å². The molecule has 1 aromatic heterocycles. The highest BCUT2D eigenvalue weighted by atomic mass is 16.5. The van der Waals surface area contributed by atoms with Crippen LogP contribution in [0.5, 0.6) is 5.75 Å². The Morgan fingerprint density at radius 2 is 1.73 bits per heavy atom. The number of ether oxygens (including phenoxy) is 1. The van der Waals surface area contributed by atoms with Crippen LogP contribution in [-0.2, 0) is 13.5 Å². The van der Waals surface area contributed by atoms with Crippen LogP contribution in [0.15, 0.2) is 72.9 Å². The second-order valence-electron chi connectivity index (χ2n) is 10.1. The molecule has 3 N–H and O–H groups in total. The lowest BCUT2D eigenvalue weighted by molar-refractivity contribution is 0.0911. The molecule has 40 heavy (non-hydrogen) atoms. The number of aliphatic hydroxyl groups excluding tert-OH is 1. The number of hydrogen-bond acceptors (Lipinski definition) is 5. The zero-order valence-electron chi connectivity index (χ0n) is 23.6. The van der Waals surface area contributed by atoms with Crippen molar-refractivity contribution < 1.29 is 19.4 Å². The van der Waals surface area contributed by atoms with Crippen LogP contribution in [0.25, 0.3) is 22.0 Å². The Morgan fingerprint density at radius 1 is 1.00 bits per heavy atom. The molecule has 0 fully saturated rings. The number of para-hydroxylation sites is 1. The molecule has 0 radical (unpaired) electrons. The zero-order valence-corrected chi connectivity index (χ0v) is 23.6. The van der Waals surface area contributed by atoms with Gasteiger partial charge in [0, 0.05) is 42.8 Å². The first-order valence-corrected chi connectivity index (χ1v) is 13.6. The summed E-state index contributed by atoms with van der Waals surface area (Å²) in [5, 5.41) is 17.1. The van der Waals surface area contributed by atoms with E-state index >= 15 is 0 Å². The predicted molar refractivity (Wildman–Crippen MR) is 159 cm³/mol. The topological polar surface area (TPSA) is 95.8 Å². The molecule has 0 bridgehead atoms. The molecule has 1 atom stereocenters. The lowest BCUT2D eigenvalue weighted by atomic mass is 10.00. The van der Waals surface area contributed by atoms with Crippen molar-refractivity contribution in [2.24, 2.45) is 7.05 Å². The molecular formula is C32H38N4O4. The smallest absolute Gasteiger partial charge is 0.255 e. The average molecular weight is 543 g/mol. The third-order valence-electron chi connectivity index (χ3n) is 6.85. The molecule has 4 rings (SSSR count). The molecule has 210 valence electrons. The SMILES string of the molecule is CCOc1ccc(-c2ccc(C(=O)NCCN(C)C)cc2)cc1C(=O)N[C@@H](CO)Cc1cn(C)c2ccccc12. The monoisotopic (exact) mass is 542 g/mol. The van der Waals surface area contributed by atoms with Gasteiger partial charge in [-0.3, -0.25) is 9.59 Å². The van der Waals surface area contributed by atoms with E-state index in [2.05, 4.69) is 27.3 Å². The fourth-order valence-corrected chi connectivity index (χ4v) is 4.76. The highest BCUT2D eigenvalue weighted by molar-refractivity contribution is 5.99. The Morgan fingerprint density at radius 3 is 2.42 bits per heavy atom. The normalized spacial score (nSPS) is 11.9. The summed E-state index contributed by atoms with van der Waals surface area (Å²) in [4.78, 5) is 27.9. The summed E-state index contributed by atoms with van der Waals surface area (Å²) >= 11 is 0. The molecule has 0 saturated heterocycles. The Bertz CT molecular complexity index is 1460. The number of fused-ring (bicyclic) bond motifs is 1. The van der Waals surface area contributed by atoms with Crippen LogP contribution < -0.4 is 15.4 Å². The fourth-order valence-electron chi connectivity index (χ4n) is 4.76. The van der Waals surface area contributed by atoms with Crippen LogP contribution in [0.3, 0.4) is 0 Å². The number of carbonyl (C=O) groups is 2. The van der Waals surface area contributed by atoms with Crippen molar-refractivity contribution in [3.63, 3.8) is 0 Å². The maximum Gasteiger partial charge on any atom is 0.255 e. The van der Waals surface area contributed by atoms with E-state index in [0.29, 0.717) is 36.4 Å². The number of aryl methyl sites for hydroxylation is 1. The van der Waals surface area contributed by atoms with Crippen LogP contribution in [0.4, 0.5) is 0 Å². The number of aliphatic hydroxyl groups is 1. The van der Waals surface area contributed by atoms with Crippen molar-refractivity contribution >= 4 is 22.7 Å². The maximum absolute atomic E-state index is 13.5. The van der Waals surface area contributed by atoms with E-state index in [4.69, 9.17) is 4.74 Å². The van der Waals surface area contributed by atoms with Crippen LogP contribution in [-0.4, -0.2) is 72.8 Å². The van der Waals surface area contributed by atoms with Crippen molar-refractivity contribution in [1.82, 2.24) is 20.1 Å². The molecule has 0 unspecified atom stereocenters. The number of likely N-dealkylation sites (N-methyl/N-ethyl adjacent to an activating group) is 1. The van der Waals surface area contributed by atoms with Crippen LogP contribution in [0.2, 0.25) is 0 Å². The average Bonchev–Trinajstić information content (AvgIpc) is 3.27. The van der Waals surface area contributed by atoms with Gasteiger partial charge in [-0.25, -0.2) is 0 Å². The van der Waals surface area contributed by atoms with Gasteiger partial charge in [0.1, 0.15) is 5.75 Å². The summed E-state index contributed by atoms with van der Waals surface area (Å²) in [6.45, 7) is 3.42. The maximum atomic E-state index is 13.5. The minimum absolute atomic E-state index is 0.124. The van der Waals surface area contributed by atoms with Crippen LogP contribution in [0.1, 0.15) is 33.2 Å². The number of benzene rings is 3. The molecule has 2 amide bonds. The van der Waals surface area contributed by atoms with E-state index in [9.17, 15) is 14.7 Å². The molecule has 3 aromatic carbocycles. The van der Waals surface area contributed by atoms with Gasteiger partial charge in [-0.05, 0) is 74.5 Å².